The van der Waals surface area contributed by atoms with Gasteiger partial charge in [0, 0.05) is 5.56 Å². The number of ether oxygens (including phenoxy) is 1. The van der Waals surface area contributed by atoms with Gasteiger partial charge in [-0.1, -0.05) is 0 Å². The molecule has 1 rings (SSSR count). The Labute approximate surface area is 80.7 Å². The number of benzene rings is 1. The van der Waals surface area contributed by atoms with Crippen molar-refractivity contribution >= 4 is 5.97 Å². The van der Waals surface area contributed by atoms with Crippen LogP contribution in [-0.2, 0) is 4.79 Å². The van der Waals surface area contributed by atoms with E-state index in [4.69, 9.17) is 20.7 Å². The summed E-state index contributed by atoms with van der Waals surface area (Å²) in [6, 6.07) is 2.94. The number of carbonyl (C=O) groups is 1. The van der Waals surface area contributed by atoms with Crippen LogP contribution in [0.5, 0.6) is 11.5 Å². The molecule has 4 N–H and O–H groups in total. The zero-order valence-electron chi connectivity index (χ0n) is 7.60. The maximum Gasteiger partial charge on any atom is 0.325 e. The topological polar surface area (TPSA) is 92.8 Å². The minimum absolute atomic E-state index is 0.0440. The van der Waals surface area contributed by atoms with Crippen LogP contribution in [0.1, 0.15) is 11.6 Å². The molecule has 0 amide bonds. The molecule has 5 nitrogen and oxygen atoms in total. The standard InChI is InChI=1S/C9H11NO4/c1-14-7-3-2-5(11)4-6(7)8(10)9(12)13/h2-4,8,11H,10H2,1H3,(H,12,13)/t8-/m1/s1. The fourth-order valence-electron chi connectivity index (χ4n) is 1.10. The van der Waals surface area contributed by atoms with E-state index in [1.165, 1.54) is 25.3 Å². The third-order valence-corrected chi connectivity index (χ3v) is 1.81. The molecular weight excluding hydrogens is 186 g/mol. The van der Waals surface area contributed by atoms with Crippen molar-refractivity contribution < 1.29 is 19.7 Å². The molecule has 0 aromatic heterocycles. The van der Waals surface area contributed by atoms with Crippen LogP contribution in [0.3, 0.4) is 0 Å². The molecule has 0 aliphatic rings. The summed E-state index contributed by atoms with van der Waals surface area (Å²) in [5.74, 6) is -0.871. The predicted octanol–water partition coefficient (Wildman–Crippen LogP) is 0.485. The van der Waals surface area contributed by atoms with Crippen LogP contribution in [0.25, 0.3) is 0 Å². The van der Waals surface area contributed by atoms with E-state index in [1.807, 2.05) is 0 Å². The first-order chi connectivity index (χ1) is 6.56. The smallest absolute Gasteiger partial charge is 0.325 e. The molecule has 0 bridgehead atoms. The Morgan fingerprint density at radius 3 is 2.71 bits per heavy atom. The van der Waals surface area contributed by atoms with Crippen molar-refractivity contribution in [1.29, 1.82) is 0 Å². The molecule has 14 heavy (non-hydrogen) atoms. The third-order valence-electron chi connectivity index (χ3n) is 1.81. The Balaban J connectivity index is 3.16. The van der Waals surface area contributed by atoms with Gasteiger partial charge in [-0.05, 0) is 18.2 Å². The number of carboxylic acids is 1. The molecule has 5 heteroatoms. The van der Waals surface area contributed by atoms with Gasteiger partial charge < -0.3 is 20.7 Å². The maximum atomic E-state index is 10.6. The quantitative estimate of drug-likeness (QED) is 0.655. The van der Waals surface area contributed by atoms with Gasteiger partial charge in [0.25, 0.3) is 0 Å². The summed E-state index contributed by atoms with van der Waals surface area (Å²) < 4.78 is 4.92. The molecule has 0 aliphatic heterocycles. The van der Waals surface area contributed by atoms with Gasteiger partial charge in [0.15, 0.2) is 0 Å². The summed E-state index contributed by atoms with van der Waals surface area (Å²) in [6.07, 6.45) is 0. The molecule has 1 aromatic rings. The first-order valence-corrected chi connectivity index (χ1v) is 3.91. The lowest BCUT2D eigenvalue weighted by molar-refractivity contribution is -0.138. The van der Waals surface area contributed by atoms with Crippen LogP contribution in [0.4, 0.5) is 0 Å². The van der Waals surface area contributed by atoms with Gasteiger partial charge in [0.05, 0.1) is 7.11 Å². The Morgan fingerprint density at radius 2 is 2.21 bits per heavy atom. The first-order valence-electron chi connectivity index (χ1n) is 3.91. The largest absolute Gasteiger partial charge is 0.508 e. The monoisotopic (exact) mass is 197 g/mol. The van der Waals surface area contributed by atoms with Crippen LogP contribution in [0, 0.1) is 0 Å². The van der Waals surface area contributed by atoms with E-state index >= 15 is 0 Å². The van der Waals surface area contributed by atoms with Gasteiger partial charge in [-0.3, -0.25) is 4.79 Å². The highest BCUT2D eigenvalue weighted by molar-refractivity contribution is 5.76. The summed E-state index contributed by atoms with van der Waals surface area (Å²) in [4.78, 5) is 10.6. The van der Waals surface area contributed by atoms with Crippen molar-refractivity contribution in [2.75, 3.05) is 7.11 Å². The fourth-order valence-corrected chi connectivity index (χ4v) is 1.10. The Kier molecular flexibility index (Phi) is 2.93. The Hall–Kier alpha value is -1.75. The number of methoxy groups -OCH3 is 1. The van der Waals surface area contributed by atoms with Gasteiger partial charge >= 0.3 is 5.97 Å². The summed E-state index contributed by atoms with van der Waals surface area (Å²) in [5, 5.41) is 17.8. The van der Waals surface area contributed by atoms with E-state index in [9.17, 15) is 4.79 Å². The molecule has 0 saturated carbocycles. The fraction of sp³-hybridized carbons (Fsp3) is 0.222. The molecule has 0 heterocycles. The second-order valence-electron chi connectivity index (χ2n) is 2.74. The number of phenols is 1. The summed E-state index contributed by atoms with van der Waals surface area (Å²) >= 11 is 0. The number of aromatic hydroxyl groups is 1. The molecule has 76 valence electrons. The molecule has 0 radical (unpaired) electrons. The minimum atomic E-state index is -1.20. The maximum absolute atomic E-state index is 10.6. The van der Waals surface area contributed by atoms with E-state index in [0.717, 1.165) is 0 Å². The number of hydrogen-bond donors (Lipinski definition) is 3. The lowest BCUT2D eigenvalue weighted by Crippen LogP contribution is -2.21. The van der Waals surface area contributed by atoms with E-state index in [0.29, 0.717) is 5.75 Å². The molecule has 0 spiro atoms. The lowest BCUT2D eigenvalue weighted by atomic mass is 10.1. The average Bonchev–Trinajstić information content (AvgIpc) is 2.16. The third kappa shape index (κ3) is 1.94. The van der Waals surface area contributed by atoms with Crippen molar-refractivity contribution in [3.05, 3.63) is 23.8 Å². The second-order valence-corrected chi connectivity index (χ2v) is 2.74. The van der Waals surface area contributed by atoms with Crippen molar-refractivity contribution in [1.82, 2.24) is 0 Å². The number of hydrogen-bond acceptors (Lipinski definition) is 4. The molecule has 1 atom stereocenters. The highest BCUT2D eigenvalue weighted by Crippen LogP contribution is 2.27. The van der Waals surface area contributed by atoms with Crippen molar-refractivity contribution in [2.45, 2.75) is 6.04 Å². The Morgan fingerprint density at radius 1 is 1.57 bits per heavy atom. The minimum Gasteiger partial charge on any atom is -0.508 e. The number of nitrogens with two attached hydrogens (primary N) is 1. The Bertz CT molecular complexity index is 351. The zero-order valence-corrected chi connectivity index (χ0v) is 7.60. The summed E-state index contributed by atoms with van der Waals surface area (Å²) in [7, 11) is 1.41. The van der Waals surface area contributed by atoms with Crippen LogP contribution in [0.15, 0.2) is 18.2 Å². The van der Waals surface area contributed by atoms with Crippen molar-refractivity contribution in [3.63, 3.8) is 0 Å². The number of carboxylic acid groups (broad SMARTS) is 1. The predicted molar refractivity (Wildman–Crippen MR) is 49.2 cm³/mol. The molecule has 0 fully saturated rings. The van der Waals surface area contributed by atoms with E-state index < -0.39 is 12.0 Å². The van der Waals surface area contributed by atoms with Crippen LogP contribution < -0.4 is 10.5 Å². The first kappa shape index (κ1) is 10.3. The second kappa shape index (κ2) is 3.97. The van der Waals surface area contributed by atoms with Gasteiger partial charge in [0.1, 0.15) is 17.5 Å². The summed E-state index contributed by atoms with van der Waals surface area (Å²) in [5.41, 5.74) is 5.64. The molecule has 0 unspecified atom stereocenters. The normalized spacial score (nSPS) is 12.1. The summed E-state index contributed by atoms with van der Waals surface area (Å²) in [6.45, 7) is 0. The number of phenolic OH excluding ortho intramolecular Hbond substituents is 1. The van der Waals surface area contributed by atoms with E-state index in [1.54, 1.807) is 0 Å². The number of rotatable bonds is 3. The van der Waals surface area contributed by atoms with Crippen molar-refractivity contribution in [2.24, 2.45) is 5.73 Å². The van der Waals surface area contributed by atoms with Crippen LogP contribution >= 0.6 is 0 Å². The average molecular weight is 197 g/mol. The molecule has 1 aromatic carbocycles. The zero-order chi connectivity index (χ0) is 10.7. The highest BCUT2D eigenvalue weighted by Gasteiger charge is 2.19. The van der Waals surface area contributed by atoms with Crippen LogP contribution in [0.2, 0.25) is 0 Å². The van der Waals surface area contributed by atoms with Gasteiger partial charge in [0.2, 0.25) is 0 Å². The van der Waals surface area contributed by atoms with E-state index in [2.05, 4.69) is 0 Å². The van der Waals surface area contributed by atoms with Gasteiger partial charge in [-0.15, -0.1) is 0 Å². The number of aliphatic carboxylic acids is 1. The highest BCUT2D eigenvalue weighted by atomic mass is 16.5. The van der Waals surface area contributed by atoms with Crippen molar-refractivity contribution in [3.8, 4) is 11.5 Å². The lowest BCUT2D eigenvalue weighted by Gasteiger charge is -2.11. The van der Waals surface area contributed by atoms with Gasteiger partial charge in [-0.25, -0.2) is 0 Å². The van der Waals surface area contributed by atoms with E-state index in [-0.39, 0.29) is 11.3 Å². The molecule has 0 aliphatic carbocycles. The van der Waals surface area contributed by atoms with Gasteiger partial charge in [-0.2, -0.15) is 0 Å². The van der Waals surface area contributed by atoms with Crippen LogP contribution in [-0.4, -0.2) is 23.3 Å². The SMILES string of the molecule is COc1ccc(O)cc1[C@@H](N)C(=O)O. The molecular formula is C9H11NO4. The molecule has 0 saturated heterocycles.